The Labute approximate surface area is 142 Å². The predicted molar refractivity (Wildman–Crippen MR) is 95.4 cm³/mol. The zero-order chi connectivity index (χ0) is 17.4. The van der Waals surface area contributed by atoms with E-state index in [-0.39, 0.29) is 12.5 Å². The Hall–Kier alpha value is -2.44. The molecule has 0 spiro atoms. The number of aryl methyl sites for hydroxylation is 1. The van der Waals surface area contributed by atoms with Gasteiger partial charge in [-0.05, 0) is 24.1 Å². The van der Waals surface area contributed by atoms with E-state index >= 15 is 0 Å². The number of rotatable bonds is 7. The Kier molecular flexibility index (Phi) is 6.28. The van der Waals surface area contributed by atoms with Gasteiger partial charge in [0, 0.05) is 12.0 Å². The topological polar surface area (TPSA) is 75.3 Å². The maximum atomic E-state index is 11.9. The molecule has 0 unspecified atom stereocenters. The number of hydrogen-bond donors (Lipinski definition) is 2. The second-order valence-electron chi connectivity index (χ2n) is 5.34. The third-order valence-corrected chi connectivity index (χ3v) is 4.32. The zero-order valence-electron chi connectivity index (χ0n) is 13.4. The van der Waals surface area contributed by atoms with Crippen molar-refractivity contribution in [2.24, 2.45) is 0 Å². The molecule has 1 amide bonds. The molecule has 2 aromatic rings. The van der Waals surface area contributed by atoms with Gasteiger partial charge in [0.1, 0.15) is 0 Å². The number of nitrogens with one attached hydrogen (secondary N) is 2. The minimum Gasteiger partial charge on any atom is -0.351 e. The molecule has 126 valence electrons. The number of carbonyl (C=O) groups is 1. The smallest absolute Gasteiger partial charge is 0.235 e. The third-order valence-electron chi connectivity index (χ3n) is 3.28. The Bertz CT molecular complexity index is 798. The van der Waals surface area contributed by atoms with Crippen molar-refractivity contribution in [3.8, 4) is 0 Å². The quantitative estimate of drug-likeness (QED) is 0.808. The van der Waals surface area contributed by atoms with E-state index < -0.39 is 10.0 Å². The second kappa shape index (κ2) is 8.42. The van der Waals surface area contributed by atoms with E-state index in [1.807, 2.05) is 61.5 Å². The van der Waals surface area contributed by atoms with Gasteiger partial charge in [-0.15, -0.1) is 0 Å². The molecule has 0 aromatic heterocycles. The summed E-state index contributed by atoms with van der Waals surface area (Å²) in [5.74, 6) is -0.383. The lowest BCUT2D eigenvalue weighted by atomic mass is 10.2. The highest BCUT2D eigenvalue weighted by Gasteiger charge is 2.08. The van der Waals surface area contributed by atoms with Crippen LogP contribution in [0, 0.1) is 6.92 Å². The summed E-state index contributed by atoms with van der Waals surface area (Å²) in [6.45, 7) is 2.02. The predicted octanol–water partition coefficient (Wildman–Crippen LogP) is 2.20. The lowest BCUT2D eigenvalue weighted by molar-refractivity contribution is -0.120. The minimum absolute atomic E-state index is 0.298. The van der Waals surface area contributed by atoms with Crippen LogP contribution < -0.4 is 10.0 Å². The van der Waals surface area contributed by atoms with Gasteiger partial charge in [-0.3, -0.25) is 4.79 Å². The summed E-state index contributed by atoms with van der Waals surface area (Å²) in [5, 5.41) is 3.72. The molecule has 0 aliphatic carbocycles. The second-order valence-corrected chi connectivity index (χ2v) is 6.99. The normalized spacial score (nSPS) is 11.5. The molecule has 2 aromatic carbocycles. The summed E-state index contributed by atoms with van der Waals surface area (Å²) < 4.78 is 26.0. The van der Waals surface area contributed by atoms with Crippen molar-refractivity contribution in [1.29, 1.82) is 0 Å². The highest BCUT2D eigenvalue weighted by Crippen LogP contribution is 2.06. The van der Waals surface area contributed by atoms with Gasteiger partial charge >= 0.3 is 0 Å². The van der Waals surface area contributed by atoms with Crippen molar-refractivity contribution in [3.05, 3.63) is 76.7 Å². The Morgan fingerprint density at radius 2 is 1.71 bits per heavy atom. The average Bonchev–Trinajstić information content (AvgIpc) is 2.59. The van der Waals surface area contributed by atoms with Crippen LogP contribution in [0.3, 0.4) is 0 Å². The van der Waals surface area contributed by atoms with Crippen molar-refractivity contribution in [1.82, 2.24) is 10.0 Å². The van der Waals surface area contributed by atoms with Crippen molar-refractivity contribution < 1.29 is 13.2 Å². The van der Waals surface area contributed by atoms with Gasteiger partial charge in [0.05, 0.1) is 6.54 Å². The Morgan fingerprint density at radius 3 is 2.38 bits per heavy atom. The molecule has 2 N–H and O–H groups in total. The van der Waals surface area contributed by atoms with Gasteiger partial charge in [-0.2, -0.15) is 0 Å². The first kappa shape index (κ1) is 17.9. The third kappa shape index (κ3) is 6.36. The Morgan fingerprint density at radius 1 is 1.04 bits per heavy atom. The van der Waals surface area contributed by atoms with Gasteiger partial charge < -0.3 is 5.32 Å². The molecule has 0 saturated carbocycles. The molecule has 0 bridgehead atoms. The van der Waals surface area contributed by atoms with E-state index in [1.165, 1.54) is 6.08 Å². The van der Waals surface area contributed by atoms with Crippen LogP contribution in [-0.2, 0) is 21.4 Å². The largest absolute Gasteiger partial charge is 0.351 e. The van der Waals surface area contributed by atoms with Crippen molar-refractivity contribution in [2.45, 2.75) is 13.5 Å². The van der Waals surface area contributed by atoms with Crippen LogP contribution in [0.1, 0.15) is 16.7 Å². The van der Waals surface area contributed by atoms with Gasteiger partial charge in [-0.25, -0.2) is 13.1 Å². The van der Waals surface area contributed by atoms with E-state index in [2.05, 4.69) is 10.0 Å². The monoisotopic (exact) mass is 344 g/mol. The molecule has 0 aliphatic rings. The van der Waals surface area contributed by atoms with Crippen LogP contribution in [0.15, 0.2) is 60.0 Å². The summed E-state index contributed by atoms with van der Waals surface area (Å²) in [4.78, 5) is 11.7. The maximum absolute atomic E-state index is 11.9. The highest BCUT2D eigenvalue weighted by atomic mass is 32.2. The molecule has 0 saturated heterocycles. The summed E-state index contributed by atoms with van der Waals surface area (Å²) in [6.07, 6.45) is 1.49. The van der Waals surface area contributed by atoms with Crippen molar-refractivity contribution in [3.63, 3.8) is 0 Å². The molecule has 5 nitrogen and oxygen atoms in total. The van der Waals surface area contributed by atoms with E-state index in [4.69, 9.17) is 0 Å². The zero-order valence-corrected chi connectivity index (χ0v) is 14.2. The van der Waals surface area contributed by atoms with Crippen LogP contribution in [-0.4, -0.2) is 20.9 Å². The first-order valence-electron chi connectivity index (χ1n) is 7.50. The molecular formula is C18H20N2O3S. The molecule has 24 heavy (non-hydrogen) atoms. The van der Waals surface area contributed by atoms with Crippen LogP contribution in [0.25, 0.3) is 6.08 Å². The molecule has 0 atom stereocenters. The first-order chi connectivity index (χ1) is 11.4. The van der Waals surface area contributed by atoms with Crippen LogP contribution in [0.4, 0.5) is 0 Å². The van der Waals surface area contributed by atoms with E-state index in [1.54, 1.807) is 0 Å². The first-order valence-corrected chi connectivity index (χ1v) is 9.04. The van der Waals surface area contributed by atoms with Gasteiger partial charge in [-0.1, -0.05) is 60.2 Å². The lowest BCUT2D eigenvalue weighted by Gasteiger charge is -2.06. The summed E-state index contributed by atoms with van der Waals surface area (Å²) in [5.41, 5.74) is 2.83. The molecule has 2 rings (SSSR count). The summed E-state index contributed by atoms with van der Waals surface area (Å²) in [6, 6.07) is 16.9. The maximum Gasteiger partial charge on any atom is 0.235 e. The number of benzene rings is 2. The van der Waals surface area contributed by atoms with Gasteiger partial charge in [0.15, 0.2) is 0 Å². The molecule has 0 radical (unpaired) electrons. The highest BCUT2D eigenvalue weighted by molar-refractivity contribution is 7.92. The standard InChI is InChI=1S/C18H20N2O3S/c1-15-7-9-16(10-8-15)11-12-24(22,23)20-14-18(21)19-13-17-5-3-2-4-6-17/h2-12,20H,13-14H2,1H3,(H,19,21)/b12-11+. The number of carbonyl (C=O) groups excluding carboxylic acids is 1. The molecular weight excluding hydrogens is 324 g/mol. The number of hydrogen-bond acceptors (Lipinski definition) is 3. The SMILES string of the molecule is Cc1ccc(/C=C/S(=O)(=O)NCC(=O)NCc2ccccc2)cc1. The number of sulfonamides is 1. The average molecular weight is 344 g/mol. The molecule has 0 heterocycles. The van der Waals surface area contributed by atoms with Crippen LogP contribution in [0.5, 0.6) is 0 Å². The van der Waals surface area contributed by atoms with E-state index in [9.17, 15) is 13.2 Å². The van der Waals surface area contributed by atoms with Crippen molar-refractivity contribution >= 4 is 22.0 Å². The number of amides is 1. The Balaban J connectivity index is 1.81. The molecule has 0 aliphatic heterocycles. The fourth-order valence-electron chi connectivity index (χ4n) is 1.92. The fourth-order valence-corrected chi connectivity index (χ4v) is 2.68. The fraction of sp³-hybridized carbons (Fsp3) is 0.167. The summed E-state index contributed by atoms with van der Waals surface area (Å²) >= 11 is 0. The summed E-state index contributed by atoms with van der Waals surface area (Å²) in [7, 11) is -3.66. The van der Waals surface area contributed by atoms with Crippen molar-refractivity contribution in [2.75, 3.05) is 6.54 Å². The van der Waals surface area contributed by atoms with Gasteiger partial charge in [0.2, 0.25) is 15.9 Å². The van der Waals surface area contributed by atoms with E-state index in [0.717, 1.165) is 22.1 Å². The molecule has 0 fully saturated rings. The molecule has 6 heteroatoms. The van der Waals surface area contributed by atoms with Gasteiger partial charge in [0.25, 0.3) is 0 Å². The minimum atomic E-state index is -3.66. The van der Waals surface area contributed by atoms with Crippen LogP contribution >= 0.6 is 0 Å². The van der Waals surface area contributed by atoms with E-state index in [0.29, 0.717) is 6.54 Å². The van der Waals surface area contributed by atoms with Crippen LogP contribution in [0.2, 0.25) is 0 Å². The lowest BCUT2D eigenvalue weighted by Crippen LogP contribution is -2.35.